The van der Waals surface area contributed by atoms with Crippen molar-refractivity contribution in [3.8, 4) is 33.4 Å². The van der Waals surface area contributed by atoms with Crippen LogP contribution in [0.25, 0.3) is 44.2 Å². The van der Waals surface area contributed by atoms with Crippen molar-refractivity contribution in [1.29, 1.82) is 0 Å². The Kier molecular flexibility index (Phi) is 4.61. The highest BCUT2D eigenvalue weighted by Gasteiger charge is 2.04. The summed E-state index contributed by atoms with van der Waals surface area (Å²) >= 11 is 0. The molecule has 0 aromatic heterocycles. The SMILES string of the molecule is Fc1ccc(-c2ccc(-c3ccc4cc(-c5ccc(F)cc5)ccc4c3)cc2)cc1. The van der Waals surface area contributed by atoms with E-state index in [2.05, 4.69) is 60.7 Å². The van der Waals surface area contributed by atoms with E-state index in [1.807, 2.05) is 0 Å². The minimum atomic E-state index is -0.228. The first-order chi connectivity index (χ1) is 14.7. The average molecular weight is 392 g/mol. The van der Waals surface area contributed by atoms with Crippen LogP contribution >= 0.6 is 0 Å². The summed E-state index contributed by atoms with van der Waals surface area (Å²) in [4.78, 5) is 0. The van der Waals surface area contributed by atoms with Crippen molar-refractivity contribution in [2.24, 2.45) is 0 Å². The minimum absolute atomic E-state index is 0.227. The van der Waals surface area contributed by atoms with Gasteiger partial charge in [-0.25, -0.2) is 8.78 Å². The van der Waals surface area contributed by atoms with Crippen LogP contribution in [0.5, 0.6) is 0 Å². The van der Waals surface area contributed by atoms with Crippen LogP contribution in [0.15, 0.2) is 109 Å². The molecule has 0 saturated heterocycles. The Morgan fingerprint density at radius 2 is 0.567 bits per heavy atom. The number of fused-ring (bicyclic) bond motifs is 1. The normalized spacial score (nSPS) is 11.0. The fraction of sp³-hybridized carbons (Fsp3) is 0. The first-order valence-electron chi connectivity index (χ1n) is 9.82. The molecule has 0 amide bonds. The second kappa shape index (κ2) is 7.57. The van der Waals surface area contributed by atoms with Crippen LogP contribution in [0.2, 0.25) is 0 Å². The summed E-state index contributed by atoms with van der Waals surface area (Å²) in [5.41, 5.74) is 6.39. The van der Waals surface area contributed by atoms with Crippen LogP contribution in [-0.4, -0.2) is 0 Å². The van der Waals surface area contributed by atoms with Gasteiger partial charge in [0, 0.05) is 0 Å². The van der Waals surface area contributed by atoms with Gasteiger partial charge in [0.15, 0.2) is 0 Å². The molecule has 0 atom stereocenters. The zero-order valence-corrected chi connectivity index (χ0v) is 16.1. The molecule has 5 rings (SSSR count). The Bertz CT molecular complexity index is 1320. The maximum absolute atomic E-state index is 13.2. The Morgan fingerprint density at radius 1 is 0.300 bits per heavy atom. The molecule has 0 radical (unpaired) electrons. The van der Waals surface area contributed by atoms with Gasteiger partial charge in [0.05, 0.1) is 0 Å². The van der Waals surface area contributed by atoms with Gasteiger partial charge in [-0.05, 0) is 80.6 Å². The van der Waals surface area contributed by atoms with E-state index in [-0.39, 0.29) is 11.6 Å². The summed E-state index contributed by atoms with van der Waals surface area (Å²) in [6, 6.07) is 34.1. The van der Waals surface area contributed by atoms with Crippen molar-refractivity contribution >= 4 is 10.8 Å². The zero-order chi connectivity index (χ0) is 20.5. The number of rotatable bonds is 3. The third-order valence-electron chi connectivity index (χ3n) is 5.41. The molecule has 0 fully saturated rings. The molecule has 0 unspecified atom stereocenters. The molecule has 0 aliphatic carbocycles. The molecule has 0 spiro atoms. The predicted octanol–water partition coefficient (Wildman–Crippen LogP) is 8.12. The van der Waals surface area contributed by atoms with Crippen molar-refractivity contribution in [1.82, 2.24) is 0 Å². The summed E-state index contributed by atoms with van der Waals surface area (Å²) in [6.45, 7) is 0. The lowest BCUT2D eigenvalue weighted by Crippen LogP contribution is -1.83. The largest absolute Gasteiger partial charge is 0.207 e. The third kappa shape index (κ3) is 3.60. The molecule has 0 bridgehead atoms. The van der Waals surface area contributed by atoms with E-state index in [1.165, 1.54) is 24.3 Å². The van der Waals surface area contributed by atoms with Crippen molar-refractivity contribution in [2.75, 3.05) is 0 Å². The van der Waals surface area contributed by atoms with Crippen LogP contribution < -0.4 is 0 Å². The zero-order valence-electron chi connectivity index (χ0n) is 16.1. The molecule has 0 saturated carbocycles. The monoisotopic (exact) mass is 392 g/mol. The van der Waals surface area contributed by atoms with Gasteiger partial charge in [0.25, 0.3) is 0 Å². The van der Waals surface area contributed by atoms with Crippen molar-refractivity contribution in [3.05, 3.63) is 121 Å². The Balaban J connectivity index is 1.45. The lowest BCUT2D eigenvalue weighted by Gasteiger charge is -2.08. The van der Waals surface area contributed by atoms with E-state index in [1.54, 1.807) is 24.3 Å². The van der Waals surface area contributed by atoms with E-state index >= 15 is 0 Å². The first kappa shape index (κ1) is 18.3. The van der Waals surface area contributed by atoms with Crippen LogP contribution in [-0.2, 0) is 0 Å². The van der Waals surface area contributed by atoms with Crippen LogP contribution in [0.3, 0.4) is 0 Å². The summed E-state index contributed by atoms with van der Waals surface area (Å²) in [7, 11) is 0. The topological polar surface area (TPSA) is 0 Å². The summed E-state index contributed by atoms with van der Waals surface area (Å²) < 4.78 is 26.3. The number of benzene rings is 5. The minimum Gasteiger partial charge on any atom is -0.207 e. The fourth-order valence-corrected chi connectivity index (χ4v) is 3.74. The quantitative estimate of drug-likeness (QED) is 0.291. The predicted molar refractivity (Wildman–Crippen MR) is 120 cm³/mol. The van der Waals surface area contributed by atoms with Crippen LogP contribution in [0, 0.1) is 11.6 Å². The third-order valence-corrected chi connectivity index (χ3v) is 5.41. The number of halogens is 2. The van der Waals surface area contributed by atoms with Gasteiger partial charge in [0.2, 0.25) is 0 Å². The molecule has 144 valence electrons. The van der Waals surface area contributed by atoms with Gasteiger partial charge in [-0.2, -0.15) is 0 Å². The highest BCUT2D eigenvalue weighted by Crippen LogP contribution is 2.30. The molecule has 30 heavy (non-hydrogen) atoms. The Hall–Kier alpha value is -3.78. The highest BCUT2D eigenvalue weighted by molar-refractivity contribution is 5.91. The van der Waals surface area contributed by atoms with E-state index in [9.17, 15) is 8.78 Å². The molecular formula is C28H18F2. The van der Waals surface area contributed by atoms with E-state index in [0.29, 0.717) is 0 Å². The van der Waals surface area contributed by atoms with E-state index in [0.717, 1.165) is 44.2 Å². The van der Waals surface area contributed by atoms with Crippen molar-refractivity contribution in [3.63, 3.8) is 0 Å². The maximum Gasteiger partial charge on any atom is 0.123 e. The Morgan fingerprint density at radius 3 is 0.933 bits per heavy atom. The van der Waals surface area contributed by atoms with Crippen molar-refractivity contribution in [2.45, 2.75) is 0 Å². The van der Waals surface area contributed by atoms with E-state index < -0.39 is 0 Å². The Labute approximate surface area is 174 Å². The van der Waals surface area contributed by atoms with Gasteiger partial charge in [-0.1, -0.05) is 72.8 Å². The molecule has 0 aliphatic heterocycles. The molecule has 5 aromatic carbocycles. The van der Waals surface area contributed by atoms with Gasteiger partial charge in [-0.15, -0.1) is 0 Å². The molecule has 0 heterocycles. The van der Waals surface area contributed by atoms with Gasteiger partial charge in [0.1, 0.15) is 11.6 Å². The molecule has 5 aromatic rings. The summed E-state index contributed by atoms with van der Waals surface area (Å²) in [5.74, 6) is -0.455. The summed E-state index contributed by atoms with van der Waals surface area (Å²) in [5, 5.41) is 2.30. The molecule has 0 aliphatic rings. The number of hydrogen-bond donors (Lipinski definition) is 0. The lowest BCUT2D eigenvalue weighted by molar-refractivity contribution is 0.627. The smallest absolute Gasteiger partial charge is 0.123 e. The summed E-state index contributed by atoms with van der Waals surface area (Å²) in [6.07, 6.45) is 0. The second-order valence-electron chi connectivity index (χ2n) is 7.37. The van der Waals surface area contributed by atoms with Gasteiger partial charge in [-0.3, -0.25) is 0 Å². The maximum atomic E-state index is 13.2. The molecular weight excluding hydrogens is 374 g/mol. The fourth-order valence-electron chi connectivity index (χ4n) is 3.74. The van der Waals surface area contributed by atoms with Crippen molar-refractivity contribution < 1.29 is 8.78 Å². The van der Waals surface area contributed by atoms with Gasteiger partial charge < -0.3 is 0 Å². The highest BCUT2D eigenvalue weighted by atomic mass is 19.1. The number of hydrogen-bond acceptors (Lipinski definition) is 0. The average Bonchev–Trinajstić information content (AvgIpc) is 2.79. The molecule has 0 nitrogen and oxygen atoms in total. The van der Waals surface area contributed by atoms with Gasteiger partial charge >= 0.3 is 0 Å². The van der Waals surface area contributed by atoms with E-state index in [4.69, 9.17) is 0 Å². The van der Waals surface area contributed by atoms with Crippen LogP contribution in [0.4, 0.5) is 8.78 Å². The molecule has 2 heteroatoms. The second-order valence-corrected chi connectivity index (χ2v) is 7.37. The standard InChI is InChI=1S/C28H18F2/c29-27-13-9-20(10-14-27)19-1-3-21(4-2-19)23-5-7-26-18-24(6-8-25(26)17-23)22-11-15-28(30)16-12-22/h1-18H. The van der Waals surface area contributed by atoms with Crippen LogP contribution in [0.1, 0.15) is 0 Å². The lowest BCUT2D eigenvalue weighted by atomic mass is 9.96. The molecule has 0 N–H and O–H groups in total. The first-order valence-corrected chi connectivity index (χ1v) is 9.82.